The van der Waals surface area contributed by atoms with Crippen molar-refractivity contribution in [1.29, 1.82) is 0 Å². The van der Waals surface area contributed by atoms with Crippen LogP contribution in [0.5, 0.6) is 0 Å². The molecule has 4 aromatic rings. The van der Waals surface area contributed by atoms with Crippen LogP contribution in [-0.2, 0) is 6.54 Å². The Hall–Kier alpha value is -3.48. The molecule has 0 aliphatic carbocycles. The van der Waals surface area contributed by atoms with Crippen LogP contribution >= 0.6 is 0 Å². The first-order valence-electron chi connectivity index (χ1n) is 12.6. The average Bonchev–Trinajstić information content (AvgIpc) is 2.92. The maximum absolute atomic E-state index is 12.5. The van der Waals surface area contributed by atoms with Gasteiger partial charge in [-0.3, -0.25) is 9.69 Å². The molecule has 0 amide bonds. The van der Waals surface area contributed by atoms with Crippen molar-refractivity contribution in [3.8, 4) is 0 Å². The molecule has 1 fully saturated rings. The van der Waals surface area contributed by atoms with E-state index >= 15 is 0 Å². The van der Waals surface area contributed by atoms with Gasteiger partial charge in [-0.1, -0.05) is 67.6 Å². The second-order valence-corrected chi connectivity index (χ2v) is 9.63. The molecular weight excluding hydrogens is 434 g/mol. The molecule has 0 bridgehead atoms. The van der Waals surface area contributed by atoms with E-state index in [1.165, 1.54) is 16.7 Å². The zero-order chi connectivity index (χ0) is 23.8. The van der Waals surface area contributed by atoms with Crippen molar-refractivity contribution in [2.24, 2.45) is 0 Å². The van der Waals surface area contributed by atoms with Crippen molar-refractivity contribution in [2.45, 2.75) is 25.4 Å². The maximum Gasteiger partial charge on any atom is 0.272 e. The third-order valence-electron chi connectivity index (χ3n) is 7.60. The number of likely N-dealkylation sites (N-methyl/N-ethyl adjacent to an activating group) is 1. The van der Waals surface area contributed by atoms with Crippen molar-refractivity contribution in [2.75, 3.05) is 38.0 Å². The molecule has 1 aromatic heterocycles. The lowest BCUT2D eigenvalue weighted by atomic mass is 9.80. The minimum absolute atomic E-state index is 0.0102. The van der Waals surface area contributed by atoms with Gasteiger partial charge in [0.05, 0.1) is 23.0 Å². The molecule has 0 saturated carbocycles. The SMILES string of the molecule is CCN1CCN(Cc2ccc([C@H]3Nc4cccc5c(=O)[nH]nc(c45)C3c3ccccc3)cc2)CC1. The molecule has 3 heterocycles. The molecule has 2 N–H and O–H groups in total. The number of H-pyrrole nitrogens is 1. The summed E-state index contributed by atoms with van der Waals surface area (Å²) in [7, 11) is 0. The Bertz CT molecular complexity index is 1370. The summed E-state index contributed by atoms with van der Waals surface area (Å²) < 4.78 is 0. The molecule has 1 unspecified atom stereocenters. The first-order valence-corrected chi connectivity index (χ1v) is 12.6. The predicted molar refractivity (Wildman–Crippen MR) is 141 cm³/mol. The molecule has 178 valence electrons. The molecule has 2 aliphatic heterocycles. The number of hydrogen-bond donors (Lipinski definition) is 2. The third kappa shape index (κ3) is 4.13. The number of nitrogens with zero attached hydrogens (tertiary/aromatic N) is 3. The molecule has 35 heavy (non-hydrogen) atoms. The van der Waals surface area contributed by atoms with Gasteiger partial charge < -0.3 is 10.2 Å². The van der Waals surface area contributed by atoms with Crippen molar-refractivity contribution in [3.05, 3.63) is 106 Å². The van der Waals surface area contributed by atoms with Crippen molar-refractivity contribution in [3.63, 3.8) is 0 Å². The second-order valence-electron chi connectivity index (χ2n) is 9.63. The number of hydrogen-bond acceptors (Lipinski definition) is 5. The molecule has 6 nitrogen and oxygen atoms in total. The fraction of sp³-hybridized carbons (Fsp3) is 0.310. The van der Waals surface area contributed by atoms with Gasteiger partial charge in [0, 0.05) is 43.8 Å². The highest BCUT2D eigenvalue weighted by atomic mass is 16.1. The van der Waals surface area contributed by atoms with Gasteiger partial charge in [-0.05, 0) is 35.4 Å². The van der Waals surface area contributed by atoms with Gasteiger partial charge >= 0.3 is 0 Å². The monoisotopic (exact) mass is 465 g/mol. The number of piperazine rings is 1. The second kappa shape index (κ2) is 9.29. The summed E-state index contributed by atoms with van der Waals surface area (Å²) in [4.78, 5) is 17.6. The zero-order valence-corrected chi connectivity index (χ0v) is 20.1. The van der Waals surface area contributed by atoms with Gasteiger partial charge in [0.2, 0.25) is 0 Å². The maximum atomic E-state index is 12.5. The predicted octanol–water partition coefficient (Wildman–Crippen LogP) is 4.36. The van der Waals surface area contributed by atoms with Crippen LogP contribution in [0.1, 0.15) is 41.3 Å². The van der Waals surface area contributed by atoms with Crippen LogP contribution in [0.2, 0.25) is 0 Å². The standard InChI is InChI=1S/C29H31N5O/c1-2-33-15-17-34(18-16-33)19-20-11-13-22(14-12-20)27-25(21-7-4-3-5-8-21)28-26-23(29(35)32-31-28)9-6-10-24(26)30-27/h3-14,25,27,30H,2,15-19H2,1H3,(H,32,35)/t25?,27-/m1/s1. The van der Waals surface area contributed by atoms with Gasteiger partial charge in [0.1, 0.15) is 0 Å². The Morgan fingerprint density at radius 2 is 1.60 bits per heavy atom. The summed E-state index contributed by atoms with van der Waals surface area (Å²) in [5.41, 5.74) is 5.47. The molecular formula is C29H31N5O. The topological polar surface area (TPSA) is 64.3 Å². The quantitative estimate of drug-likeness (QED) is 0.459. The van der Waals surface area contributed by atoms with Crippen LogP contribution in [0.4, 0.5) is 5.69 Å². The normalized spacial score (nSPS) is 20.6. The van der Waals surface area contributed by atoms with Gasteiger partial charge in [-0.2, -0.15) is 5.10 Å². The fourth-order valence-electron chi connectivity index (χ4n) is 5.64. The number of aromatic nitrogens is 2. The lowest BCUT2D eigenvalue weighted by Crippen LogP contribution is -2.45. The van der Waals surface area contributed by atoms with E-state index in [2.05, 4.69) is 80.8 Å². The van der Waals surface area contributed by atoms with Gasteiger partial charge in [0.25, 0.3) is 5.56 Å². The van der Waals surface area contributed by atoms with Crippen molar-refractivity contribution < 1.29 is 0 Å². The number of anilines is 1. The lowest BCUT2D eigenvalue weighted by molar-refractivity contribution is 0.132. The third-order valence-corrected chi connectivity index (χ3v) is 7.60. The van der Waals surface area contributed by atoms with E-state index in [9.17, 15) is 4.79 Å². The van der Waals surface area contributed by atoms with Crippen LogP contribution in [0.25, 0.3) is 10.8 Å². The summed E-state index contributed by atoms with van der Waals surface area (Å²) in [6, 6.07) is 25.4. The fourth-order valence-corrected chi connectivity index (χ4v) is 5.64. The number of benzene rings is 3. The van der Waals surface area contributed by atoms with Crippen LogP contribution < -0.4 is 10.9 Å². The number of nitrogens with one attached hydrogen (secondary N) is 2. The van der Waals surface area contributed by atoms with E-state index in [0.29, 0.717) is 5.39 Å². The van der Waals surface area contributed by atoms with Crippen LogP contribution in [0.15, 0.2) is 77.6 Å². The van der Waals surface area contributed by atoms with E-state index in [1.54, 1.807) is 0 Å². The highest BCUT2D eigenvalue weighted by molar-refractivity contribution is 5.97. The summed E-state index contributed by atoms with van der Waals surface area (Å²) >= 11 is 0. The summed E-state index contributed by atoms with van der Waals surface area (Å²) in [6.07, 6.45) is 0. The van der Waals surface area contributed by atoms with E-state index in [4.69, 9.17) is 0 Å². The first-order chi connectivity index (χ1) is 17.2. The van der Waals surface area contributed by atoms with E-state index in [1.807, 2.05) is 24.3 Å². The largest absolute Gasteiger partial charge is 0.377 e. The van der Waals surface area contributed by atoms with Crippen molar-refractivity contribution in [1.82, 2.24) is 20.0 Å². The van der Waals surface area contributed by atoms with Crippen LogP contribution in [0.3, 0.4) is 0 Å². The smallest absolute Gasteiger partial charge is 0.272 e. The molecule has 6 rings (SSSR count). The summed E-state index contributed by atoms with van der Waals surface area (Å²) in [5.74, 6) is -0.0154. The number of rotatable bonds is 5. The van der Waals surface area contributed by atoms with Gasteiger partial charge in [-0.25, -0.2) is 5.10 Å². The Morgan fingerprint density at radius 1 is 0.857 bits per heavy atom. The highest BCUT2D eigenvalue weighted by Gasteiger charge is 2.34. The molecule has 2 aliphatic rings. The first kappa shape index (κ1) is 22.0. The molecule has 6 heteroatoms. The zero-order valence-electron chi connectivity index (χ0n) is 20.1. The van der Waals surface area contributed by atoms with E-state index in [-0.39, 0.29) is 17.5 Å². The minimum atomic E-state index is -0.151. The van der Waals surface area contributed by atoms with Gasteiger partial charge in [0.15, 0.2) is 0 Å². The molecule has 2 atom stereocenters. The molecule has 3 aromatic carbocycles. The number of aromatic amines is 1. The van der Waals surface area contributed by atoms with E-state index < -0.39 is 0 Å². The highest BCUT2D eigenvalue weighted by Crippen LogP contribution is 2.46. The Morgan fingerprint density at radius 3 is 2.34 bits per heavy atom. The van der Waals surface area contributed by atoms with Crippen LogP contribution in [0, 0.1) is 0 Å². The Labute approximate surface area is 205 Å². The van der Waals surface area contributed by atoms with Crippen LogP contribution in [-0.4, -0.2) is 52.7 Å². The Kier molecular flexibility index (Phi) is 5.84. The minimum Gasteiger partial charge on any atom is -0.377 e. The summed E-state index contributed by atoms with van der Waals surface area (Å²) in [5, 5.41) is 12.7. The van der Waals surface area contributed by atoms with E-state index in [0.717, 1.165) is 56.0 Å². The molecule has 1 saturated heterocycles. The van der Waals surface area contributed by atoms with Gasteiger partial charge in [-0.15, -0.1) is 0 Å². The average molecular weight is 466 g/mol. The summed E-state index contributed by atoms with van der Waals surface area (Å²) in [6.45, 7) is 8.92. The lowest BCUT2D eigenvalue weighted by Gasteiger charge is -2.35. The van der Waals surface area contributed by atoms with Crippen molar-refractivity contribution >= 4 is 16.5 Å². The molecule has 0 spiro atoms. The Balaban J connectivity index is 1.34. The molecule has 0 radical (unpaired) electrons.